The molecule has 7 nitrogen and oxygen atoms in total. The monoisotopic (exact) mass is 455 g/mol. The van der Waals surface area contributed by atoms with Gasteiger partial charge < -0.3 is 15.0 Å². The average molecular weight is 456 g/mol. The molecule has 3 aliphatic rings. The van der Waals surface area contributed by atoms with Gasteiger partial charge in [-0.2, -0.15) is 0 Å². The number of piperidine rings is 1. The Balaban J connectivity index is 1.41. The number of rotatable bonds is 3. The summed E-state index contributed by atoms with van der Waals surface area (Å²) >= 11 is 0. The molecule has 0 bridgehead atoms. The van der Waals surface area contributed by atoms with Crippen molar-refractivity contribution in [3.8, 4) is 0 Å². The quantitative estimate of drug-likeness (QED) is 0.755. The number of hydrogen-bond acceptors (Lipinski definition) is 4. The molecule has 2 aliphatic heterocycles. The lowest BCUT2D eigenvalue weighted by Crippen LogP contribution is -2.56. The van der Waals surface area contributed by atoms with Crippen molar-refractivity contribution in [2.45, 2.75) is 89.9 Å². The van der Waals surface area contributed by atoms with Crippen LogP contribution in [0.2, 0.25) is 0 Å². The zero-order chi connectivity index (χ0) is 23.6. The van der Waals surface area contributed by atoms with Crippen LogP contribution in [0.25, 0.3) is 0 Å². The Labute approximate surface area is 196 Å². The van der Waals surface area contributed by atoms with Gasteiger partial charge in [0.1, 0.15) is 11.6 Å². The number of hydrogen-bond donors (Lipinski definition) is 1. The molecule has 1 saturated heterocycles. The van der Waals surface area contributed by atoms with Crippen LogP contribution in [-0.2, 0) is 27.3 Å². The zero-order valence-electron chi connectivity index (χ0n) is 20.1. The first-order valence-corrected chi connectivity index (χ1v) is 12.4. The Morgan fingerprint density at radius 3 is 2.24 bits per heavy atom. The molecule has 1 saturated carbocycles. The third-order valence-electron chi connectivity index (χ3n) is 7.04. The van der Waals surface area contributed by atoms with E-state index >= 15 is 0 Å². The summed E-state index contributed by atoms with van der Waals surface area (Å²) in [5.41, 5.74) is 1.52. The van der Waals surface area contributed by atoms with Crippen LogP contribution in [0.5, 0.6) is 0 Å². The molecule has 180 valence electrons. The lowest BCUT2D eigenvalue weighted by atomic mass is 9.91. The topological polar surface area (TPSA) is 79.0 Å². The Hall–Kier alpha value is -2.57. The summed E-state index contributed by atoms with van der Waals surface area (Å²) in [6.45, 7) is 6.95. The van der Waals surface area contributed by atoms with E-state index in [-0.39, 0.29) is 17.7 Å². The molecule has 3 amide bonds. The van der Waals surface area contributed by atoms with Crippen molar-refractivity contribution in [2.75, 3.05) is 13.1 Å². The minimum Gasteiger partial charge on any atom is -0.444 e. The number of nitrogens with zero attached hydrogens (tertiary/aromatic N) is 2. The van der Waals surface area contributed by atoms with Crippen LogP contribution in [0.15, 0.2) is 24.3 Å². The van der Waals surface area contributed by atoms with Crippen molar-refractivity contribution in [3.05, 3.63) is 35.4 Å². The van der Waals surface area contributed by atoms with Gasteiger partial charge in [-0.1, -0.05) is 37.1 Å². The molecule has 2 heterocycles. The van der Waals surface area contributed by atoms with Crippen molar-refractivity contribution in [1.29, 1.82) is 0 Å². The fourth-order valence-corrected chi connectivity index (χ4v) is 5.22. The van der Waals surface area contributed by atoms with Gasteiger partial charge >= 0.3 is 6.09 Å². The summed E-state index contributed by atoms with van der Waals surface area (Å²) in [6.07, 6.45) is 5.89. The second-order valence-corrected chi connectivity index (χ2v) is 10.7. The first kappa shape index (κ1) is 23.6. The Bertz CT molecular complexity index is 880. The Morgan fingerprint density at radius 2 is 1.61 bits per heavy atom. The molecule has 2 fully saturated rings. The molecule has 0 unspecified atom stereocenters. The van der Waals surface area contributed by atoms with Gasteiger partial charge in [-0.3, -0.25) is 14.5 Å². The average Bonchev–Trinajstić information content (AvgIpc) is 3.29. The Morgan fingerprint density at radius 1 is 0.970 bits per heavy atom. The summed E-state index contributed by atoms with van der Waals surface area (Å²) < 4.78 is 5.64. The molecule has 0 aromatic heterocycles. The number of nitrogens with one attached hydrogen (secondary N) is 1. The van der Waals surface area contributed by atoms with Crippen molar-refractivity contribution < 1.29 is 19.1 Å². The second kappa shape index (κ2) is 9.74. The molecule has 1 atom stereocenters. The minimum absolute atomic E-state index is 0.0382. The molecule has 4 rings (SSSR count). The van der Waals surface area contributed by atoms with E-state index in [1.54, 1.807) is 4.90 Å². The van der Waals surface area contributed by atoms with E-state index in [1.807, 2.05) is 49.9 Å². The van der Waals surface area contributed by atoms with Gasteiger partial charge in [-0.05, 0) is 57.6 Å². The van der Waals surface area contributed by atoms with Crippen LogP contribution in [0.1, 0.15) is 70.4 Å². The van der Waals surface area contributed by atoms with Gasteiger partial charge in [0.15, 0.2) is 0 Å². The molecule has 1 aromatic rings. The first-order valence-electron chi connectivity index (χ1n) is 12.4. The van der Waals surface area contributed by atoms with E-state index in [4.69, 9.17) is 4.74 Å². The molecule has 1 aliphatic carbocycles. The maximum absolute atomic E-state index is 13.6. The van der Waals surface area contributed by atoms with E-state index in [0.717, 1.165) is 24.0 Å². The number of carbonyl (C=O) groups excluding carboxylic acids is 3. The van der Waals surface area contributed by atoms with Crippen LogP contribution in [0.4, 0.5) is 4.79 Å². The van der Waals surface area contributed by atoms with Crippen LogP contribution < -0.4 is 5.32 Å². The number of benzene rings is 1. The van der Waals surface area contributed by atoms with Gasteiger partial charge in [-0.15, -0.1) is 0 Å². The molecule has 7 heteroatoms. The first-order chi connectivity index (χ1) is 15.7. The lowest BCUT2D eigenvalue weighted by Gasteiger charge is -2.40. The number of fused-ring (bicyclic) bond motifs is 1. The molecule has 1 aromatic carbocycles. The number of carbonyl (C=O) groups is 3. The summed E-state index contributed by atoms with van der Waals surface area (Å²) in [5.74, 6) is 0.0460. The van der Waals surface area contributed by atoms with Crippen molar-refractivity contribution in [3.63, 3.8) is 0 Å². The third kappa shape index (κ3) is 5.68. The standard InChI is InChI=1S/C26H37N3O4/c1-26(2,3)33-25(32)29-17-20-9-5-4-8-19(20)16-22(29)24(31)28-14-12-18(13-15-28)23(30)27-21-10-6-7-11-21/h4-5,8-9,18,21-22H,6-7,10-17H2,1-3H3,(H,27,30)/t22-/m0/s1. The highest BCUT2D eigenvalue weighted by Gasteiger charge is 2.40. The van der Waals surface area contributed by atoms with Gasteiger partial charge in [0, 0.05) is 31.5 Å². The zero-order valence-corrected chi connectivity index (χ0v) is 20.1. The van der Waals surface area contributed by atoms with Crippen LogP contribution in [0.3, 0.4) is 0 Å². The van der Waals surface area contributed by atoms with Gasteiger partial charge in [0.05, 0.1) is 6.54 Å². The summed E-state index contributed by atoms with van der Waals surface area (Å²) in [5, 5.41) is 3.20. The predicted molar refractivity (Wildman–Crippen MR) is 125 cm³/mol. The number of likely N-dealkylation sites (tertiary alicyclic amines) is 1. The van der Waals surface area contributed by atoms with E-state index in [0.29, 0.717) is 44.9 Å². The fraction of sp³-hybridized carbons (Fsp3) is 0.654. The molecule has 0 radical (unpaired) electrons. The molecule has 33 heavy (non-hydrogen) atoms. The summed E-state index contributed by atoms with van der Waals surface area (Å²) in [6, 6.07) is 7.69. The summed E-state index contributed by atoms with van der Waals surface area (Å²) in [7, 11) is 0. The second-order valence-electron chi connectivity index (χ2n) is 10.7. The van der Waals surface area contributed by atoms with E-state index < -0.39 is 17.7 Å². The van der Waals surface area contributed by atoms with Gasteiger partial charge in [0.2, 0.25) is 11.8 Å². The highest BCUT2D eigenvalue weighted by molar-refractivity contribution is 5.87. The Kier molecular flexibility index (Phi) is 6.96. The minimum atomic E-state index is -0.632. The van der Waals surface area contributed by atoms with Crippen molar-refractivity contribution >= 4 is 17.9 Å². The number of amides is 3. The van der Waals surface area contributed by atoms with Gasteiger partial charge in [-0.25, -0.2) is 4.79 Å². The molecule has 1 N–H and O–H groups in total. The van der Waals surface area contributed by atoms with Crippen LogP contribution >= 0.6 is 0 Å². The highest BCUT2D eigenvalue weighted by Crippen LogP contribution is 2.28. The largest absolute Gasteiger partial charge is 0.444 e. The SMILES string of the molecule is CC(C)(C)OC(=O)N1Cc2ccccc2C[C@H]1C(=O)N1CCC(C(=O)NC2CCCC2)CC1. The van der Waals surface area contributed by atoms with Crippen molar-refractivity contribution in [2.24, 2.45) is 5.92 Å². The number of ether oxygens (including phenoxy) is 1. The smallest absolute Gasteiger partial charge is 0.411 e. The molecular formula is C26H37N3O4. The normalized spacial score (nSPS) is 22.1. The van der Waals surface area contributed by atoms with E-state index in [2.05, 4.69) is 5.32 Å². The van der Waals surface area contributed by atoms with Crippen molar-refractivity contribution in [1.82, 2.24) is 15.1 Å². The maximum atomic E-state index is 13.6. The highest BCUT2D eigenvalue weighted by atomic mass is 16.6. The van der Waals surface area contributed by atoms with Crippen LogP contribution in [-0.4, -0.2) is 58.5 Å². The van der Waals surface area contributed by atoms with E-state index in [1.165, 1.54) is 12.8 Å². The van der Waals surface area contributed by atoms with E-state index in [9.17, 15) is 14.4 Å². The van der Waals surface area contributed by atoms with Crippen LogP contribution in [0, 0.1) is 5.92 Å². The molecular weight excluding hydrogens is 418 g/mol. The predicted octanol–water partition coefficient (Wildman–Crippen LogP) is 3.65. The third-order valence-corrected chi connectivity index (χ3v) is 7.04. The lowest BCUT2D eigenvalue weighted by molar-refractivity contribution is -0.140. The molecule has 0 spiro atoms. The van der Waals surface area contributed by atoms with Gasteiger partial charge in [0.25, 0.3) is 0 Å². The fourth-order valence-electron chi connectivity index (χ4n) is 5.22. The maximum Gasteiger partial charge on any atom is 0.411 e. The summed E-state index contributed by atoms with van der Waals surface area (Å²) in [4.78, 5) is 42.6.